The lowest BCUT2D eigenvalue weighted by Crippen LogP contribution is -2.50. The van der Waals surface area contributed by atoms with Gasteiger partial charge in [0, 0.05) is 12.1 Å². The van der Waals surface area contributed by atoms with Crippen molar-refractivity contribution in [3.05, 3.63) is 11.6 Å². The summed E-state index contributed by atoms with van der Waals surface area (Å²) in [6.45, 7) is 12.6. The van der Waals surface area contributed by atoms with Crippen molar-refractivity contribution >= 4 is 23.0 Å². The summed E-state index contributed by atoms with van der Waals surface area (Å²) in [5.74, 6) is 10.8. The summed E-state index contributed by atoms with van der Waals surface area (Å²) >= 11 is 5.19. The highest BCUT2D eigenvalue weighted by atomic mass is 32.1. The fourth-order valence-corrected chi connectivity index (χ4v) is 8.91. The van der Waals surface area contributed by atoms with Crippen molar-refractivity contribution in [2.75, 3.05) is 0 Å². The van der Waals surface area contributed by atoms with Crippen LogP contribution in [-0.4, -0.2) is 10.8 Å². The second-order valence-corrected chi connectivity index (χ2v) is 13.0. The highest BCUT2D eigenvalue weighted by molar-refractivity contribution is 7.80. The molecule has 180 valence electrons. The summed E-state index contributed by atoms with van der Waals surface area (Å²) in [5.41, 5.74) is 6.31. The minimum absolute atomic E-state index is 0.363. The van der Waals surface area contributed by atoms with Crippen LogP contribution in [0.5, 0.6) is 0 Å². The molecule has 0 saturated heterocycles. The van der Waals surface area contributed by atoms with Crippen LogP contribution in [-0.2, 0) is 0 Å². The Morgan fingerprint density at radius 2 is 1.94 bits per heavy atom. The number of hydrazine groups is 1. The van der Waals surface area contributed by atoms with Gasteiger partial charge in [-0.3, -0.25) is 5.43 Å². The number of hydrogen-bond donors (Lipinski definition) is 2. The van der Waals surface area contributed by atoms with Gasteiger partial charge in [0.1, 0.15) is 0 Å². The largest absolute Gasteiger partial charge is 0.299 e. The third-order valence-electron chi connectivity index (χ3n) is 10.5. The lowest BCUT2D eigenvalue weighted by molar-refractivity contribution is -0.0468. The summed E-state index contributed by atoms with van der Waals surface area (Å²) in [6.07, 6.45) is 17.3. The molecule has 4 aliphatic rings. The molecule has 4 heteroatoms. The van der Waals surface area contributed by atoms with E-state index in [4.69, 9.17) is 18.1 Å². The van der Waals surface area contributed by atoms with E-state index >= 15 is 0 Å². The quantitative estimate of drug-likeness (QED) is 0.198. The Hall–Kier alpha value is -0.740. The molecule has 0 amide bonds. The summed E-state index contributed by atoms with van der Waals surface area (Å²) in [6, 6.07) is 0. The first kappa shape index (κ1) is 24.4. The summed E-state index contributed by atoms with van der Waals surface area (Å²) in [7, 11) is 0. The van der Waals surface area contributed by atoms with Gasteiger partial charge in [-0.2, -0.15) is 0 Å². The second kappa shape index (κ2) is 9.49. The van der Waals surface area contributed by atoms with E-state index in [0.29, 0.717) is 15.9 Å². The smallest absolute Gasteiger partial charge is 0.206 e. The van der Waals surface area contributed by atoms with Gasteiger partial charge >= 0.3 is 0 Å². The van der Waals surface area contributed by atoms with Crippen molar-refractivity contribution < 1.29 is 0 Å². The van der Waals surface area contributed by atoms with Crippen molar-refractivity contribution in [3.63, 3.8) is 0 Å². The van der Waals surface area contributed by atoms with E-state index in [1.165, 1.54) is 63.5 Å². The second-order valence-electron chi connectivity index (χ2n) is 12.6. The molecular weight excluding hydrogens is 410 g/mol. The molecule has 0 aliphatic heterocycles. The first-order valence-electron chi connectivity index (χ1n) is 13.5. The van der Waals surface area contributed by atoms with E-state index < -0.39 is 0 Å². The average Bonchev–Trinajstić information content (AvgIpc) is 3.11. The lowest BCUT2D eigenvalue weighted by Gasteiger charge is -2.58. The van der Waals surface area contributed by atoms with Gasteiger partial charge in [-0.15, -0.1) is 0 Å². The molecule has 7 atom stereocenters. The molecule has 3 saturated carbocycles. The molecule has 0 aromatic rings. The van der Waals surface area contributed by atoms with Crippen molar-refractivity contribution in [2.45, 2.75) is 105 Å². The van der Waals surface area contributed by atoms with Crippen LogP contribution >= 0.6 is 12.2 Å². The molecule has 0 unspecified atom stereocenters. The zero-order valence-electron chi connectivity index (χ0n) is 21.3. The van der Waals surface area contributed by atoms with E-state index in [1.54, 1.807) is 5.57 Å². The molecule has 0 radical (unpaired) electrons. The fraction of sp³-hybridized carbons (Fsp3) is 0.857. The monoisotopic (exact) mass is 457 g/mol. The Labute approximate surface area is 202 Å². The van der Waals surface area contributed by atoms with Crippen LogP contribution in [0.2, 0.25) is 0 Å². The molecule has 3 fully saturated rings. The SMILES string of the molecule is CC(C)CCC[C@@H](C)[C@H]1CC[C@H]2[C@@H]3CC=C4C/C(=N/C(=S)NN)CC[C@]4(C)[C@H]3CC[C@]12C. The number of nitrogens with two attached hydrogens (primary N) is 1. The van der Waals surface area contributed by atoms with Crippen LogP contribution in [0.4, 0.5) is 0 Å². The van der Waals surface area contributed by atoms with Gasteiger partial charge < -0.3 is 0 Å². The molecule has 0 spiro atoms. The number of allylic oxidation sites excluding steroid dienone is 2. The van der Waals surface area contributed by atoms with Gasteiger partial charge in [-0.1, -0.05) is 65.5 Å². The van der Waals surface area contributed by atoms with Gasteiger partial charge in [-0.05, 0) is 104 Å². The maximum absolute atomic E-state index is 5.46. The topological polar surface area (TPSA) is 50.4 Å². The summed E-state index contributed by atoms with van der Waals surface area (Å²) in [4.78, 5) is 4.58. The fourth-order valence-electron chi connectivity index (χ4n) is 8.78. The van der Waals surface area contributed by atoms with E-state index in [-0.39, 0.29) is 0 Å². The number of nitrogens with one attached hydrogen (secondary N) is 1. The molecule has 0 aromatic carbocycles. The van der Waals surface area contributed by atoms with Crippen molar-refractivity contribution in [3.8, 4) is 0 Å². The third-order valence-corrected chi connectivity index (χ3v) is 10.7. The van der Waals surface area contributed by atoms with Crippen LogP contribution in [0.15, 0.2) is 16.6 Å². The van der Waals surface area contributed by atoms with Gasteiger partial charge in [0.25, 0.3) is 0 Å². The molecule has 3 nitrogen and oxygen atoms in total. The molecule has 0 heterocycles. The minimum atomic E-state index is 0.363. The van der Waals surface area contributed by atoms with Gasteiger partial charge in [0.05, 0.1) is 0 Å². The van der Waals surface area contributed by atoms with E-state index in [0.717, 1.165) is 48.3 Å². The van der Waals surface area contributed by atoms with E-state index in [9.17, 15) is 0 Å². The molecule has 0 aromatic heterocycles. The highest BCUT2D eigenvalue weighted by Gasteiger charge is 2.58. The normalized spacial score (nSPS) is 41.0. The van der Waals surface area contributed by atoms with Crippen LogP contribution in [0.3, 0.4) is 0 Å². The Kier molecular flexibility index (Phi) is 7.23. The van der Waals surface area contributed by atoms with E-state index in [2.05, 4.69) is 51.1 Å². The van der Waals surface area contributed by atoms with Crippen LogP contribution in [0.1, 0.15) is 105 Å². The van der Waals surface area contributed by atoms with Crippen LogP contribution in [0, 0.1) is 46.3 Å². The maximum Gasteiger partial charge on any atom is 0.206 e. The molecule has 4 rings (SSSR count). The number of nitrogens with zero attached hydrogens (tertiary/aromatic N) is 1. The zero-order valence-corrected chi connectivity index (χ0v) is 22.1. The average molecular weight is 458 g/mol. The van der Waals surface area contributed by atoms with Crippen molar-refractivity contribution in [2.24, 2.45) is 57.2 Å². The molecule has 0 bridgehead atoms. The molecule has 3 N–H and O–H groups in total. The highest BCUT2D eigenvalue weighted by Crippen LogP contribution is 2.67. The Morgan fingerprint density at radius 3 is 2.66 bits per heavy atom. The van der Waals surface area contributed by atoms with Gasteiger partial charge in [0.15, 0.2) is 0 Å². The van der Waals surface area contributed by atoms with Crippen LogP contribution in [0.25, 0.3) is 0 Å². The maximum atomic E-state index is 5.46. The first-order chi connectivity index (χ1) is 15.2. The van der Waals surface area contributed by atoms with Gasteiger partial charge in [0.2, 0.25) is 5.11 Å². The number of thiocarbonyl (C=S) groups is 1. The first-order valence-corrected chi connectivity index (χ1v) is 13.9. The summed E-state index contributed by atoms with van der Waals surface area (Å²) < 4.78 is 0. The predicted octanol–water partition coefficient (Wildman–Crippen LogP) is 7.22. The summed E-state index contributed by atoms with van der Waals surface area (Å²) in [5, 5.41) is 0.422. The Morgan fingerprint density at radius 1 is 1.16 bits per heavy atom. The van der Waals surface area contributed by atoms with E-state index in [1.807, 2.05) is 0 Å². The molecule has 32 heavy (non-hydrogen) atoms. The van der Waals surface area contributed by atoms with Gasteiger partial charge in [-0.25, -0.2) is 10.8 Å². The predicted molar refractivity (Wildman–Crippen MR) is 140 cm³/mol. The number of rotatable bonds is 5. The van der Waals surface area contributed by atoms with Crippen molar-refractivity contribution in [1.29, 1.82) is 0 Å². The number of fused-ring (bicyclic) bond motifs is 5. The zero-order chi connectivity index (χ0) is 23.1. The van der Waals surface area contributed by atoms with Crippen molar-refractivity contribution in [1.82, 2.24) is 5.43 Å². The minimum Gasteiger partial charge on any atom is -0.299 e. The number of aliphatic imine (C=N–C) groups is 1. The standard InChI is InChI=1S/C28H47N3S/c1-18(2)7-6-8-19(3)23-11-12-24-22-10-9-20-17-21(30-26(32)31-29)13-15-27(20,4)25(22)14-16-28(23,24)5/h9,18-19,22-25H,6-8,10-17,29H2,1-5H3,(H,31,32)/b30-21+/t19-,22+,23-,24+,25+,27+,28-/m1/s1. The number of hydrogen-bond acceptors (Lipinski definition) is 2. The van der Waals surface area contributed by atoms with Crippen LogP contribution < -0.4 is 11.3 Å². The Bertz CT molecular complexity index is 771. The Balaban J connectivity index is 1.48. The molecular formula is C28H47N3S. The lowest BCUT2D eigenvalue weighted by atomic mass is 9.47. The third kappa shape index (κ3) is 4.35. The molecule has 4 aliphatic carbocycles.